The number of halogens is 12. The molecule has 0 radical (unpaired) electrons. The average molecular weight is 1010 g/mol. The Labute approximate surface area is 341 Å². The molecule has 1 aromatic rings. The maximum Gasteiger partial charge on any atom is 0.587 e. The smallest absolute Gasteiger partial charge is 0.398 e. The third-order valence-electron chi connectivity index (χ3n) is 7.33. The topological polar surface area (TPSA) is 192 Å². The van der Waals surface area contributed by atoms with Crippen LogP contribution in [0.1, 0.15) is 44.1 Å². The maximum atomic E-state index is 12.4. The average Bonchev–Trinajstić information content (AvgIpc) is 3.00. The van der Waals surface area contributed by atoms with Gasteiger partial charge in [0.25, 0.3) is 0 Å². The van der Waals surface area contributed by atoms with Crippen LogP contribution in [0.25, 0.3) is 0 Å². The van der Waals surface area contributed by atoms with Gasteiger partial charge in [-0.3, -0.25) is 0 Å². The summed E-state index contributed by atoms with van der Waals surface area (Å²) >= 11 is 0. The highest BCUT2D eigenvalue weighted by Crippen LogP contribution is 2.43. The van der Waals surface area contributed by atoms with Crippen molar-refractivity contribution in [2.75, 3.05) is 0 Å². The summed E-state index contributed by atoms with van der Waals surface area (Å²) in [6.45, 7) is 6.98. The largest absolute Gasteiger partial charge is 0.587 e. The molecule has 0 spiro atoms. The van der Waals surface area contributed by atoms with E-state index < -0.39 is 91.6 Å². The van der Waals surface area contributed by atoms with Crippen molar-refractivity contribution in [1.29, 1.82) is 0 Å². The van der Waals surface area contributed by atoms with Crippen LogP contribution in [0.4, 0.5) is 52.7 Å². The standard InChI is InChI=1S/C23H41O2Si2.C4BF12O12S4/c1-26(2,3)19-13-18-23(25-27(4,5)6,22-16-11-8-12-17-22)24-20-21-14-9-7-10-15-21;6-1(7,8)30(18,19)26-5(27-31(20,21)2(9,10)11,28-32(22,23)3(12,13)14)29-33(24,25)4(15,16)17/h7,9-10,13-15,22H,8,11-12,16-20H2,1-6H3;/q+1;-1. The van der Waals surface area contributed by atoms with Gasteiger partial charge < -0.3 is 25.6 Å². The first-order valence-electron chi connectivity index (χ1n) is 16.8. The van der Waals surface area contributed by atoms with E-state index in [0.717, 1.165) is 6.42 Å². The van der Waals surface area contributed by atoms with Gasteiger partial charge in [-0.05, 0) is 38.0 Å². The molecule has 2 rings (SSSR count). The summed E-state index contributed by atoms with van der Waals surface area (Å²) in [5.41, 5.74) is -27.3. The van der Waals surface area contributed by atoms with Gasteiger partial charge in [-0.2, -0.15) is 86.4 Å². The highest BCUT2D eigenvalue weighted by molar-refractivity contribution is 7.93. The van der Waals surface area contributed by atoms with Crippen LogP contribution < -0.4 is 0 Å². The lowest BCUT2D eigenvalue weighted by Gasteiger charge is -2.44. The summed E-state index contributed by atoms with van der Waals surface area (Å²) in [5, 5.41) is 0. The van der Waals surface area contributed by atoms with Crippen LogP contribution in [0.5, 0.6) is 0 Å². The van der Waals surface area contributed by atoms with E-state index in [0.29, 0.717) is 12.5 Å². The molecule has 1 aromatic carbocycles. The van der Waals surface area contributed by atoms with E-state index in [1.54, 1.807) is 0 Å². The molecule has 60 heavy (non-hydrogen) atoms. The Kier molecular flexibility index (Phi) is 18.4. The van der Waals surface area contributed by atoms with Gasteiger partial charge in [-0.15, -0.1) is 0 Å². The van der Waals surface area contributed by atoms with Crippen molar-refractivity contribution in [3.63, 3.8) is 0 Å². The molecular weight excluding hydrogens is 972 g/mol. The molecule has 33 heteroatoms. The first-order valence-corrected chi connectivity index (χ1v) is 29.6. The van der Waals surface area contributed by atoms with Gasteiger partial charge >= 0.3 is 69.5 Å². The van der Waals surface area contributed by atoms with Crippen LogP contribution in [0.15, 0.2) is 30.3 Å². The van der Waals surface area contributed by atoms with E-state index in [9.17, 15) is 86.4 Å². The van der Waals surface area contributed by atoms with Crippen LogP contribution in [-0.2, 0) is 72.6 Å². The summed E-state index contributed by atoms with van der Waals surface area (Å²) < 4.78 is 258. The molecule has 352 valence electrons. The third kappa shape index (κ3) is 17.1. The van der Waals surface area contributed by atoms with Crippen molar-refractivity contribution in [2.24, 2.45) is 5.92 Å². The molecule has 1 aliphatic carbocycles. The van der Waals surface area contributed by atoms with Crippen LogP contribution in [0.3, 0.4) is 0 Å². The fraction of sp³-hybridized carbons (Fsp3) is 0.741. The van der Waals surface area contributed by atoms with Gasteiger partial charge in [0.2, 0.25) is 5.79 Å². The number of hydrogen-bond donors (Lipinski definition) is 0. The highest BCUT2D eigenvalue weighted by Gasteiger charge is 2.64. The molecule has 1 atom stereocenters. The van der Waals surface area contributed by atoms with Gasteiger partial charge in [0, 0.05) is 5.92 Å². The zero-order valence-electron chi connectivity index (χ0n) is 32.2. The number of benzene rings is 1. The normalized spacial score (nSPS) is 17.4. The fourth-order valence-electron chi connectivity index (χ4n) is 4.98. The molecule has 0 amide bonds. The highest BCUT2D eigenvalue weighted by atomic mass is 32.2. The Bertz CT molecular complexity index is 1810. The second kappa shape index (κ2) is 19.6. The number of rotatable bonds is 18. The Hall–Kier alpha value is -1.69. The number of alkyl halides is 12. The summed E-state index contributed by atoms with van der Waals surface area (Å²) in [6.07, 6.45) is 9.87. The summed E-state index contributed by atoms with van der Waals surface area (Å²) in [5.74, 6) is 0.0694. The molecule has 0 aliphatic heterocycles. The second-order valence-corrected chi connectivity index (χ2v) is 31.2. The van der Waals surface area contributed by atoms with Gasteiger partial charge in [-0.25, -0.2) is 0 Å². The van der Waals surface area contributed by atoms with Crippen LogP contribution >= 0.6 is 0 Å². The summed E-state index contributed by atoms with van der Waals surface area (Å²) in [4.78, 5) is 0. The molecule has 0 aromatic heterocycles. The molecule has 1 saturated carbocycles. The molecule has 0 N–H and O–H groups in total. The predicted molar refractivity (Wildman–Crippen MR) is 192 cm³/mol. The van der Waals surface area contributed by atoms with Crippen LogP contribution in [0.2, 0.25) is 45.3 Å². The van der Waals surface area contributed by atoms with Gasteiger partial charge in [-0.1, -0.05) is 69.2 Å². The van der Waals surface area contributed by atoms with Crippen molar-refractivity contribution in [3.05, 3.63) is 42.3 Å². The lowest BCUT2D eigenvalue weighted by atomic mass is 9.81. The second-order valence-electron chi connectivity index (χ2n) is 15.0. The van der Waals surface area contributed by atoms with E-state index in [1.165, 1.54) is 43.7 Å². The van der Waals surface area contributed by atoms with Crippen molar-refractivity contribution in [3.8, 4) is 0 Å². The number of hydrogen-bond acceptors (Lipinski definition) is 14. The van der Waals surface area contributed by atoms with Gasteiger partial charge in [0.15, 0.2) is 8.32 Å². The minimum Gasteiger partial charge on any atom is -0.398 e. The minimum absolute atomic E-state index is 0.444. The minimum atomic E-state index is -8.05. The quantitative estimate of drug-likeness (QED) is 0.0450. The van der Waals surface area contributed by atoms with Crippen molar-refractivity contribution in [2.45, 2.75) is 118 Å². The lowest BCUT2D eigenvalue weighted by molar-refractivity contribution is -0.235. The molecular formula is C27H41BF12O14S4Si2. The first kappa shape index (κ1) is 56.3. The first-order chi connectivity index (χ1) is 26.4. The van der Waals surface area contributed by atoms with Crippen molar-refractivity contribution < 1.29 is 112 Å². The van der Waals surface area contributed by atoms with Crippen LogP contribution in [0, 0.1) is 12.3 Å². The lowest BCUT2D eigenvalue weighted by Crippen LogP contribution is -2.59. The molecule has 1 fully saturated rings. The SMILES string of the molecule is C[Si](C)(C)C[CH+]CC(OCc1ccccc1)(O[Si](C)(C)C)C1CCCCC1.O=S(=O)(O[B-](OS(=O)(=O)C(F)(F)F)(OS(=O)(=O)C(F)(F)F)OS(=O)(=O)C(F)(F)F)C(F)(F)F. The van der Waals surface area contributed by atoms with Crippen molar-refractivity contribution >= 4 is 63.8 Å². The van der Waals surface area contributed by atoms with Crippen molar-refractivity contribution in [1.82, 2.24) is 0 Å². The zero-order valence-corrected chi connectivity index (χ0v) is 37.4. The predicted octanol–water partition coefficient (Wildman–Crippen LogP) is 8.15. The molecule has 1 aliphatic rings. The van der Waals surface area contributed by atoms with E-state index >= 15 is 0 Å². The molecule has 14 nitrogen and oxygen atoms in total. The fourth-order valence-corrected chi connectivity index (χ4v) is 9.78. The van der Waals surface area contributed by atoms with Gasteiger partial charge in [0.1, 0.15) is 6.42 Å². The molecule has 0 saturated heterocycles. The Morgan fingerprint density at radius 3 is 1.25 bits per heavy atom. The van der Waals surface area contributed by atoms with E-state index in [2.05, 4.69) is 92.4 Å². The molecule has 0 bridgehead atoms. The third-order valence-corrected chi connectivity index (χ3v) is 14.0. The summed E-state index contributed by atoms with van der Waals surface area (Å²) in [6, 6.07) is 11.8. The van der Waals surface area contributed by atoms with Crippen LogP contribution in [-0.4, -0.2) is 84.8 Å². The molecule has 1 unspecified atom stereocenters. The van der Waals surface area contributed by atoms with E-state index in [1.807, 2.05) is 0 Å². The Morgan fingerprint density at radius 2 is 0.950 bits per heavy atom. The number of ether oxygens (including phenoxy) is 1. The summed E-state index contributed by atoms with van der Waals surface area (Å²) in [7, 11) is -35.1. The maximum absolute atomic E-state index is 12.4. The Morgan fingerprint density at radius 1 is 0.600 bits per heavy atom. The molecule has 0 heterocycles. The Balaban J connectivity index is 0.000000610. The van der Waals surface area contributed by atoms with E-state index in [4.69, 9.17) is 9.16 Å². The zero-order chi connectivity index (χ0) is 47.3. The monoisotopic (exact) mass is 1010 g/mol. The van der Waals surface area contributed by atoms with E-state index in [-0.39, 0.29) is 0 Å². The van der Waals surface area contributed by atoms with Gasteiger partial charge in [0.05, 0.1) is 27.1 Å².